The third-order valence-electron chi connectivity index (χ3n) is 3.59. The molecule has 2 unspecified atom stereocenters. The fourth-order valence-corrected chi connectivity index (χ4v) is 3.52. The molecule has 1 aliphatic rings. The Hall–Kier alpha value is -0.510. The van der Waals surface area contributed by atoms with E-state index in [2.05, 4.69) is 44.3 Å². The smallest absolute Gasteiger partial charge is 0.0860 e. The van der Waals surface area contributed by atoms with Crippen LogP contribution in [0.15, 0.2) is 18.2 Å². The summed E-state index contributed by atoms with van der Waals surface area (Å²) in [7, 11) is 0. The zero-order valence-corrected chi connectivity index (χ0v) is 13.1. The second-order valence-electron chi connectivity index (χ2n) is 5.28. The summed E-state index contributed by atoms with van der Waals surface area (Å²) in [5.41, 5.74) is 4.09. The van der Waals surface area contributed by atoms with Gasteiger partial charge in [-0.1, -0.05) is 30.7 Å². The molecule has 1 fully saturated rings. The van der Waals surface area contributed by atoms with E-state index in [0.29, 0.717) is 12.1 Å². The van der Waals surface area contributed by atoms with Crippen molar-refractivity contribution in [3.05, 3.63) is 34.9 Å². The average Bonchev–Trinajstić information content (AvgIpc) is 2.42. The first-order valence-corrected chi connectivity index (χ1v) is 8.37. The van der Waals surface area contributed by atoms with Crippen molar-refractivity contribution < 1.29 is 4.74 Å². The van der Waals surface area contributed by atoms with Gasteiger partial charge in [0, 0.05) is 11.5 Å². The van der Waals surface area contributed by atoms with E-state index in [0.717, 1.165) is 31.1 Å². The first-order chi connectivity index (χ1) is 9.22. The minimum absolute atomic E-state index is 0.298. The summed E-state index contributed by atoms with van der Waals surface area (Å²) in [6, 6.07) is 7.07. The topological polar surface area (TPSA) is 21.3 Å². The first kappa shape index (κ1) is 14.9. The molecule has 2 nitrogen and oxygen atoms in total. The summed E-state index contributed by atoms with van der Waals surface area (Å²) in [5.74, 6) is 2.22. The Kier molecular flexibility index (Phi) is 5.74. The average molecular weight is 279 g/mol. The SMILES string of the molecule is CCCNC(c1ccc(C)cc1C)C1CSCCO1. The van der Waals surface area contributed by atoms with Crippen molar-refractivity contribution >= 4 is 11.8 Å². The number of benzene rings is 1. The summed E-state index contributed by atoms with van der Waals surface area (Å²) < 4.78 is 5.99. The lowest BCUT2D eigenvalue weighted by Gasteiger charge is -2.32. The summed E-state index contributed by atoms with van der Waals surface area (Å²) in [6.07, 6.45) is 1.45. The second kappa shape index (κ2) is 7.32. The minimum Gasteiger partial charge on any atom is -0.375 e. The van der Waals surface area contributed by atoms with Crippen LogP contribution in [0.4, 0.5) is 0 Å². The molecule has 2 atom stereocenters. The van der Waals surface area contributed by atoms with Crippen LogP contribution in [-0.4, -0.2) is 30.8 Å². The molecule has 0 aliphatic carbocycles. The molecule has 1 saturated heterocycles. The van der Waals surface area contributed by atoms with Crippen LogP contribution in [0.5, 0.6) is 0 Å². The lowest BCUT2D eigenvalue weighted by Crippen LogP contribution is -2.38. The predicted octanol–water partition coefficient (Wildman–Crippen LogP) is 3.48. The van der Waals surface area contributed by atoms with E-state index in [1.165, 1.54) is 16.7 Å². The van der Waals surface area contributed by atoms with Crippen molar-refractivity contribution in [3.63, 3.8) is 0 Å². The normalized spacial score (nSPS) is 21.3. The maximum Gasteiger partial charge on any atom is 0.0860 e. The Morgan fingerprint density at radius 1 is 1.42 bits per heavy atom. The number of hydrogen-bond donors (Lipinski definition) is 1. The first-order valence-electron chi connectivity index (χ1n) is 7.22. The fourth-order valence-electron chi connectivity index (χ4n) is 2.61. The summed E-state index contributed by atoms with van der Waals surface area (Å²) in [4.78, 5) is 0. The van der Waals surface area contributed by atoms with Crippen molar-refractivity contribution in [1.29, 1.82) is 0 Å². The fraction of sp³-hybridized carbons (Fsp3) is 0.625. The van der Waals surface area contributed by atoms with Crippen LogP contribution in [-0.2, 0) is 4.74 Å². The molecule has 3 heteroatoms. The molecule has 0 spiro atoms. The number of ether oxygens (including phenoxy) is 1. The second-order valence-corrected chi connectivity index (χ2v) is 6.43. The predicted molar refractivity (Wildman–Crippen MR) is 84.0 cm³/mol. The molecule has 1 aromatic carbocycles. The van der Waals surface area contributed by atoms with Crippen LogP contribution < -0.4 is 5.32 Å². The highest BCUT2D eigenvalue weighted by Gasteiger charge is 2.26. The molecule has 0 aromatic heterocycles. The highest BCUT2D eigenvalue weighted by atomic mass is 32.2. The van der Waals surface area contributed by atoms with Crippen LogP contribution in [0.25, 0.3) is 0 Å². The Morgan fingerprint density at radius 2 is 2.26 bits per heavy atom. The molecule has 0 amide bonds. The summed E-state index contributed by atoms with van der Waals surface area (Å²) in [5, 5.41) is 3.68. The van der Waals surface area contributed by atoms with Gasteiger partial charge in [-0.05, 0) is 37.9 Å². The number of rotatable bonds is 5. The molecule has 2 rings (SSSR count). The molecular formula is C16H25NOS. The molecule has 0 radical (unpaired) electrons. The van der Waals surface area contributed by atoms with Gasteiger partial charge in [-0.15, -0.1) is 0 Å². The van der Waals surface area contributed by atoms with E-state index < -0.39 is 0 Å². The van der Waals surface area contributed by atoms with Crippen LogP contribution in [0, 0.1) is 13.8 Å². The van der Waals surface area contributed by atoms with Crippen molar-refractivity contribution in [2.45, 2.75) is 39.3 Å². The van der Waals surface area contributed by atoms with Crippen molar-refractivity contribution in [2.75, 3.05) is 24.7 Å². The Bertz CT molecular complexity index is 402. The van der Waals surface area contributed by atoms with Gasteiger partial charge in [0.15, 0.2) is 0 Å². The van der Waals surface area contributed by atoms with Gasteiger partial charge < -0.3 is 10.1 Å². The highest BCUT2D eigenvalue weighted by molar-refractivity contribution is 7.99. The van der Waals surface area contributed by atoms with Crippen LogP contribution in [0.2, 0.25) is 0 Å². The van der Waals surface area contributed by atoms with Crippen molar-refractivity contribution in [2.24, 2.45) is 0 Å². The zero-order chi connectivity index (χ0) is 13.7. The lowest BCUT2D eigenvalue weighted by atomic mass is 9.95. The van der Waals surface area contributed by atoms with E-state index in [-0.39, 0.29) is 0 Å². The van der Waals surface area contributed by atoms with E-state index in [1.807, 2.05) is 11.8 Å². The van der Waals surface area contributed by atoms with Gasteiger partial charge in [0.05, 0.1) is 18.8 Å². The molecule has 1 heterocycles. The molecule has 1 aromatic rings. The van der Waals surface area contributed by atoms with Gasteiger partial charge in [-0.2, -0.15) is 11.8 Å². The number of hydrogen-bond acceptors (Lipinski definition) is 3. The zero-order valence-electron chi connectivity index (χ0n) is 12.2. The molecular weight excluding hydrogens is 254 g/mol. The number of aryl methyl sites for hydroxylation is 2. The van der Waals surface area contributed by atoms with Crippen LogP contribution in [0.3, 0.4) is 0 Å². The van der Waals surface area contributed by atoms with Gasteiger partial charge in [-0.25, -0.2) is 0 Å². The Balaban J connectivity index is 2.19. The molecule has 0 bridgehead atoms. The maximum atomic E-state index is 5.99. The quantitative estimate of drug-likeness (QED) is 0.891. The largest absolute Gasteiger partial charge is 0.375 e. The van der Waals surface area contributed by atoms with Gasteiger partial charge >= 0.3 is 0 Å². The van der Waals surface area contributed by atoms with E-state index >= 15 is 0 Å². The van der Waals surface area contributed by atoms with Gasteiger partial charge in [-0.3, -0.25) is 0 Å². The van der Waals surface area contributed by atoms with Crippen molar-refractivity contribution in [3.8, 4) is 0 Å². The van der Waals surface area contributed by atoms with Gasteiger partial charge in [0.1, 0.15) is 0 Å². The molecule has 1 N–H and O–H groups in total. The highest BCUT2D eigenvalue weighted by Crippen LogP contribution is 2.28. The van der Waals surface area contributed by atoms with Gasteiger partial charge in [0.25, 0.3) is 0 Å². The monoisotopic (exact) mass is 279 g/mol. The minimum atomic E-state index is 0.298. The van der Waals surface area contributed by atoms with Crippen LogP contribution >= 0.6 is 11.8 Å². The summed E-state index contributed by atoms with van der Waals surface area (Å²) in [6.45, 7) is 8.49. The number of thioether (sulfide) groups is 1. The van der Waals surface area contributed by atoms with E-state index in [9.17, 15) is 0 Å². The molecule has 0 saturated carbocycles. The van der Waals surface area contributed by atoms with Gasteiger partial charge in [0.2, 0.25) is 0 Å². The standard InChI is InChI=1S/C16H25NOS/c1-4-7-17-16(15-11-19-9-8-18-15)14-6-5-12(2)10-13(14)3/h5-6,10,15-17H,4,7-9,11H2,1-3H3. The van der Waals surface area contributed by atoms with E-state index in [4.69, 9.17) is 4.74 Å². The molecule has 1 aliphatic heterocycles. The Morgan fingerprint density at radius 3 is 2.89 bits per heavy atom. The maximum absolute atomic E-state index is 5.99. The van der Waals surface area contributed by atoms with Crippen molar-refractivity contribution in [1.82, 2.24) is 5.32 Å². The Labute approximate surface area is 121 Å². The lowest BCUT2D eigenvalue weighted by molar-refractivity contribution is 0.0466. The third kappa shape index (κ3) is 3.98. The van der Waals surface area contributed by atoms with Crippen LogP contribution in [0.1, 0.15) is 36.1 Å². The third-order valence-corrected chi connectivity index (χ3v) is 4.61. The molecule has 106 valence electrons. The molecule has 19 heavy (non-hydrogen) atoms. The number of nitrogens with one attached hydrogen (secondary N) is 1. The summed E-state index contributed by atoms with van der Waals surface area (Å²) >= 11 is 2.00. The van der Waals surface area contributed by atoms with E-state index in [1.54, 1.807) is 0 Å².